The summed E-state index contributed by atoms with van der Waals surface area (Å²) in [5.41, 5.74) is 5.79. The van der Waals surface area contributed by atoms with E-state index in [9.17, 15) is 9.90 Å². The van der Waals surface area contributed by atoms with Gasteiger partial charge in [-0.2, -0.15) is 0 Å². The van der Waals surface area contributed by atoms with E-state index < -0.39 is 5.97 Å². The topological polar surface area (TPSA) is 37.3 Å². The highest BCUT2D eigenvalue weighted by Gasteiger charge is 2.39. The molecule has 17 heavy (non-hydrogen) atoms. The molecule has 1 aliphatic carbocycles. The van der Waals surface area contributed by atoms with Gasteiger partial charge in [0.2, 0.25) is 0 Å². The van der Waals surface area contributed by atoms with Crippen LogP contribution in [0.3, 0.4) is 0 Å². The van der Waals surface area contributed by atoms with Crippen molar-refractivity contribution in [2.75, 3.05) is 0 Å². The van der Waals surface area contributed by atoms with E-state index in [2.05, 4.69) is 33.8 Å². The van der Waals surface area contributed by atoms with Gasteiger partial charge < -0.3 is 5.11 Å². The Balaban J connectivity index is 2.59. The summed E-state index contributed by atoms with van der Waals surface area (Å²) in [5, 5.41) is 9.47. The number of carbonyl (C=O) groups is 1. The Bertz CT molecular complexity index is 444. The molecular weight excluding hydrogens is 212 g/mol. The number of carboxylic acids is 1. The minimum absolute atomic E-state index is 0.298. The van der Waals surface area contributed by atoms with Gasteiger partial charge in [0.15, 0.2) is 0 Å². The number of rotatable bonds is 3. The zero-order valence-electron chi connectivity index (χ0n) is 11.0. The van der Waals surface area contributed by atoms with Gasteiger partial charge in [-0.05, 0) is 74.3 Å². The molecule has 2 rings (SSSR count). The first-order valence-corrected chi connectivity index (χ1v) is 6.23. The van der Waals surface area contributed by atoms with Crippen molar-refractivity contribution in [1.29, 1.82) is 0 Å². The average molecular weight is 232 g/mol. The Hall–Kier alpha value is -1.31. The monoisotopic (exact) mass is 232 g/mol. The third kappa shape index (κ3) is 2.08. The van der Waals surface area contributed by atoms with Crippen LogP contribution in [-0.2, 0) is 4.79 Å². The summed E-state index contributed by atoms with van der Waals surface area (Å²) in [6.45, 7) is 8.24. The summed E-state index contributed by atoms with van der Waals surface area (Å²) in [6.07, 6.45) is 2.12. The Morgan fingerprint density at radius 3 is 2.00 bits per heavy atom. The van der Waals surface area contributed by atoms with Gasteiger partial charge in [0.05, 0.1) is 5.92 Å². The Morgan fingerprint density at radius 1 is 1.18 bits per heavy atom. The molecule has 1 aromatic carbocycles. The van der Waals surface area contributed by atoms with Gasteiger partial charge in [0.1, 0.15) is 0 Å². The maximum Gasteiger partial charge on any atom is 0.311 e. The Kier molecular flexibility index (Phi) is 2.98. The van der Waals surface area contributed by atoms with Crippen molar-refractivity contribution in [3.8, 4) is 0 Å². The van der Waals surface area contributed by atoms with Crippen LogP contribution in [0.5, 0.6) is 0 Å². The molecular formula is C15H20O2. The van der Waals surface area contributed by atoms with Crippen LogP contribution >= 0.6 is 0 Å². The molecule has 0 bridgehead atoms. The Morgan fingerprint density at radius 2 is 1.65 bits per heavy atom. The molecule has 0 aliphatic heterocycles. The fourth-order valence-corrected chi connectivity index (χ4v) is 2.70. The van der Waals surface area contributed by atoms with E-state index in [1.807, 2.05) is 0 Å². The van der Waals surface area contributed by atoms with Crippen LogP contribution in [0.25, 0.3) is 0 Å². The summed E-state index contributed by atoms with van der Waals surface area (Å²) in [4.78, 5) is 11.5. The van der Waals surface area contributed by atoms with Crippen LogP contribution in [0.4, 0.5) is 0 Å². The van der Waals surface area contributed by atoms with Gasteiger partial charge in [-0.15, -0.1) is 0 Å². The van der Waals surface area contributed by atoms with E-state index in [-0.39, 0.29) is 5.92 Å². The molecule has 1 N–H and O–H groups in total. The molecule has 92 valence electrons. The molecule has 1 aliphatic rings. The van der Waals surface area contributed by atoms with Crippen LogP contribution in [-0.4, -0.2) is 11.1 Å². The molecule has 1 aromatic rings. The van der Waals surface area contributed by atoms with Gasteiger partial charge >= 0.3 is 5.97 Å². The van der Waals surface area contributed by atoms with E-state index >= 15 is 0 Å². The second kappa shape index (κ2) is 4.17. The summed E-state index contributed by atoms with van der Waals surface area (Å²) in [6, 6.07) is 2.15. The second-order valence-corrected chi connectivity index (χ2v) is 5.33. The number of benzene rings is 1. The highest BCUT2D eigenvalue weighted by molar-refractivity contribution is 5.78. The summed E-state index contributed by atoms with van der Waals surface area (Å²) < 4.78 is 0. The smallest absolute Gasteiger partial charge is 0.311 e. The fraction of sp³-hybridized carbons (Fsp3) is 0.533. The minimum atomic E-state index is -0.663. The molecule has 1 atom stereocenters. The summed E-state index contributed by atoms with van der Waals surface area (Å²) in [5.74, 6) is -0.608. The normalized spacial score (nSPS) is 16.9. The zero-order chi connectivity index (χ0) is 12.7. The van der Waals surface area contributed by atoms with Crippen molar-refractivity contribution < 1.29 is 9.90 Å². The SMILES string of the molecule is Cc1cc(C)c(C)c(C(C(=O)O)C2CC2)c1C. The minimum Gasteiger partial charge on any atom is -0.481 e. The van der Waals surface area contributed by atoms with Crippen molar-refractivity contribution in [3.63, 3.8) is 0 Å². The van der Waals surface area contributed by atoms with E-state index in [4.69, 9.17) is 0 Å². The van der Waals surface area contributed by atoms with Crippen LogP contribution in [0.1, 0.15) is 46.6 Å². The molecule has 0 saturated heterocycles. The average Bonchev–Trinajstić information content (AvgIpc) is 3.04. The predicted octanol–water partition coefficient (Wildman–Crippen LogP) is 3.50. The van der Waals surface area contributed by atoms with Crippen molar-refractivity contribution >= 4 is 5.97 Å². The van der Waals surface area contributed by atoms with Crippen molar-refractivity contribution in [2.45, 2.75) is 46.5 Å². The standard InChI is InChI=1S/C15H20O2/c1-8-7-9(2)11(4)13(10(8)3)14(15(16)17)12-5-6-12/h7,12,14H,5-6H2,1-4H3,(H,16,17). The van der Waals surface area contributed by atoms with Crippen LogP contribution in [0, 0.1) is 33.6 Å². The lowest BCUT2D eigenvalue weighted by atomic mass is 9.83. The second-order valence-electron chi connectivity index (χ2n) is 5.33. The third-order valence-corrected chi connectivity index (χ3v) is 4.09. The van der Waals surface area contributed by atoms with Crippen LogP contribution in [0.15, 0.2) is 6.07 Å². The number of hydrogen-bond acceptors (Lipinski definition) is 1. The van der Waals surface area contributed by atoms with Gasteiger partial charge in [0.25, 0.3) is 0 Å². The van der Waals surface area contributed by atoms with Crippen molar-refractivity contribution in [1.82, 2.24) is 0 Å². The molecule has 2 heteroatoms. The molecule has 0 radical (unpaired) electrons. The number of aliphatic carboxylic acids is 1. The van der Waals surface area contributed by atoms with E-state index in [0.717, 1.165) is 29.5 Å². The van der Waals surface area contributed by atoms with Crippen molar-refractivity contribution in [2.24, 2.45) is 5.92 Å². The fourth-order valence-electron chi connectivity index (χ4n) is 2.70. The summed E-state index contributed by atoms with van der Waals surface area (Å²) >= 11 is 0. The summed E-state index contributed by atoms with van der Waals surface area (Å²) in [7, 11) is 0. The molecule has 1 saturated carbocycles. The first-order valence-electron chi connectivity index (χ1n) is 6.23. The quantitative estimate of drug-likeness (QED) is 0.866. The molecule has 1 fully saturated rings. The van der Waals surface area contributed by atoms with Crippen molar-refractivity contribution in [3.05, 3.63) is 33.9 Å². The van der Waals surface area contributed by atoms with Gasteiger partial charge in [-0.3, -0.25) is 4.79 Å². The maximum absolute atomic E-state index is 11.5. The third-order valence-electron chi connectivity index (χ3n) is 4.09. The molecule has 0 amide bonds. The lowest BCUT2D eigenvalue weighted by Gasteiger charge is -2.21. The van der Waals surface area contributed by atoms with E-state index in [1.54, 1.807) is 0 Å². The first-order chi connectivity index (χ1) is 7.93. The van der Waals surface area contributed by atoms with Crippen LogP contribution in [0.2, 0.25) is 0 Å². The maximum atomic E-state index is 11.5. The molecule has 0 spiro atoms. The largest absolute Gasteiger partial charge is 0.481 e. The Labute approximate surface area is 103 Å². The first kappa shape index (κ1) is 12.2. The zero-order valence-corrected chi connectivity index (χ0v) is 11.0. The molecule has 0 aromatic heterocycles. The predicted molar refractivity (Wildman–Crippen MR) is 68.5 cm³/mol. The molecule has 2 nitrogen and oxygen atoms in total. The highest BCUT2D eigenvalue weighted by Crippen LogP contribution is 2.45. The number of aryl methyl sites for hydroxylation is 2. The van der Waals surface area contributed by atoms with E-state index in [0.29, 0.717) is 5.92 Å². The van der Waals surface area contributed by atoms with E-state index in [1.165, 1.54) is 11.1 Å². The highest BCUT2D eigenvalue weighted by atomic mass is 16.4. The van der Waals surface area contributed by atoms with Gasteiger partial charge in [-0.25, -0.2) is 0 Å². The lowest BCUT2D eigenvalue weighted by Crippen LogP contribution is -2.17. The number of hydrogen-bond donors (Lipinski definition) is 1. The number of carboxylic acid groups (broad SMARTS) is 1. The molecule has 0 heterocycles. The molecule has 1 unspecified atom stereocenters. The van der Waals surface area contributed by atoms with Crippen LogP contribution < -0.4 is 0 Å². The van der Waals surface area contributed by atoms with Gasteiger partial charge in [0, 0.05) is 0 Å². The van der Waals surface area contributed by atoms with Gasteiger partial charge in [-0.1, -0.05) is 6.07 Å². The lowest BCUT2D eigenvalue weighted by molar-refractivity contribution is -0.139.